The van der Waals surface area contributed by atoms with Gasteiger partial charge in [-0.15, -0.1) is 0 Å². The number of hydrogen-bond donors (Lipinski definition) is 0. The van der Waals surface area contributed by atoms with Gasteiger partial charge in [0.05, 0.1) is 11.0 Å². The van der Waals surface area contributed by atoms with Crippen LogP contribution >= 0.6 is 15.9 Å². The van der Waals surface area contributed by atoms with Gasteiger partial charge in [-0.25, -0.2) is 8.78 Å². The highest BCUT2D eigenvalue weighted by atomic mass is 79.9. The molecule has 0 heterocycles. The molecular weight excluding hydrogens is 355 g/mol. The van der Waals surface area contributed by atoms with Crippen molar-refractivity contribution in [3.8, 4) is 11.5 Å². The number of halogens is 4. The maximum Gasteiger partial charge on any atom is 0.314 e. The molecule has 0 N–H and O–H groups in total. The fraction of sp³-hybridized carbons (Fsp3) is 0.0769. The van der Waals surface area contributed by atoms with E-state index in [0.717, 1.165) is 18.2 Å². The van der Waals surface area contributed by atoms with Crippen molar-refractivity contribution in [1.82, 2.24) is 0 Å². The van der Waals surface area contributed by atoms with Gasteiger partial charge in [0.2, 0.25) is 11.6 Å². The minimum Gasteiger partial charge on any atom is -0.447 e. The van der Waals surface area contributed by atoms with Crippen LogP contribution in [0.25, 0.3) is 0 Å². The molecule has 2 aromatic carbocycles. The van der Waals surface area contributed by atoms with E-state index in [2.05, 4.69) is 15.9 Å². The quantitative estimate of drug-likeness (QED) is 0.445. The summed E-state index contributed by atoms with van der Waals surface area (Å²) < 4.78 is 45.5. The van der Waals surface area contributed by atoms with Crippen LogP contribution in [-0.2, 0) is 0 Å². The molecule has 8 heteroatoms. The van der Waals surface area contributed by atoms with E-state index in [4.69, 9.17) is 4.74 Å². The average molecular weight is 362 g/mol. The number of ether oxygens (including phenoxy) is 1. The van der Waals surface area contributed by atoms with Gasteiger partial charge in [0.1, 0.15) is 5.82 Å². The largest absolute Gasteiger partial charge is 0.447 e. The van der Waals surface area contributed by atoms with E-state index in [0.29, 0.717) is 6.07 Å². The van der Waals surface area contributed by atoms with Crippen LogP contribution in [0, 0.1) is 34.5 Å². The lowest BCUT2D eigenvalue weighted by atomic mass is 10.2. The maximum atomic E-state index is 13.6. The first-order valence-electron chi connectivity index (χ1n) is 5.56. The molecule has 0 spiro atoms. The van der Waals surface area contributed by atoms with Crippen LogP contribution in [0.5, 0.6) is 11.5 Å². The van der Waals surface area contributed by atoms with Crippen LogP contribution in [-0.4, -0.2) is 4.92 Å². The van der Waals surface area contributed by atoms with Gasteiger partial charge >= 0.3 is 5.69 Å². The second kappa shape index (κ2) is 5.72. The predicted molar refractivity (Wildman–Crippen MR) is 71.9 cm³/mol. The molecule has 0 aliphatic rings. The van der Waals surface area contributed by atoms with Gasteiger partial charge < -0.3 is 4.74 Å². The fourth-order valence-corrected chi connectivity index (χ4v) is 2.00. The normalized spacial score (nSPS) is 10.5. The summed E-state index contributed by atoms with van der Waals surface area (Å²) in [5.74, 6) is -4.20. The topological polar surface area (TPSA) is 52.4 Å². The van der Waals surface area contributed by atoms with Crippen molar-refractivity contribution in [2.75, 3.05) is 0 Å². The molecule has 0 atom stereocenters. The minimum atomic E-state index is -1.30. The van der Waals surface area contributed by atoms with Crippen molar-refractivity contribution in [3.63, 3.8) is 0 Å². The molecule has 4 nitrogen and oxygen atoms in total. The molecule has 21 heavy (non-hydrogen) atoms. The molecule has 0 bridgehead atoms. The fourth-order valence-electron chi connectivity index (χ4n) is 1.59. The van der Waals surface area contributed by atoms with Crippen molar-refractivity contribution in [2.45, 2.75) is 6.92 Å². The van der Waals surface area contributed by atoms with Crippen molar-refractivity contribution >= 4 is 21.6 Å². The summed E-state index contributed by atoms with van der Waals surface area (Å²) in [6, 6.07) is 3.70. The third kappa shape index (κ3) is 3.15. The summed E-state index contributed by atoms with van der Waals surface area (Å²) in [6.45, 7) is 1.36. The first-order chi connectivity index (χ1) is 9.79. The van der Waals surface area contributed by atoms with E-state index in [-0.39, 0.29) is 15.8 Å². The molecule has 0 amide bonds. The number of rotatable bonds is 3. The smallest absolute Gasteiger partial charge is 0.314 e. The third-order valence-corrected chi connectivity index (χ3v) is 3.07. The standard InChI is InChI=1S/C13H7BrF3NO3/c1-6-2-11(10(18(19)20)5-8(6)15)21-12-4-7(14)3-9(16)13(12)17/h2-5H,1H3. The summed E-state index contributed by atoms with van der Waals surface area (Å²) in [4.78, 5) is 10.0. The van der Waals surface area contributed by atoms with Crippen LogP contribution in [0.2, 0.25) is 0 Å². The van der Waals surface area contributed by atoms with Crippen LogP contribution in [0.1, 0.15) is 5.56 Å². The van der Waals surface area contributed by atoms with Crippen molar-refractivity contribution in [1.29, 1.82) is 0 Å². The molecule has 2 aromatic rings. The zero-order valence-corrected chi connectivity index (χ0v) is 12.1. The number of benzene rings is 2. The Kier molecular flexibility index (Phi) is 4.17. The summed E-state index contributed by atoms with van der Waals surface area (Å²) >= 11 is 2.95. The highest BCUT2D eigenvalue weighted by Crippen LogP contribution is 2.36. The molecule has 2 rings (SSSR count). The first kappa shape index (κ1) is 15.3. The Morgan fingerprint density at radius 3 is 2.38 bits per heavy atom. The summed E-state index contributed by atoms with van der Waals surface area (Å²) in [6.07, 6.45) is 0. The highest BCUT2D eigenvalue weighted by Gasteiger charge is 2.21. The lowest BCUT2D eigenvalue weighted by Gasteiger charge is -2.09. The monoisotopic (exact) mass is 361 g/mol. The van der Waals surface area contributed by atoms with Crippen molar-refractivity contribution in [2.24, 2.45) is 0 Å². The van der Waals surface area contributed by atoms with Gasteiger partial charge in [-0.05, 0) is 30.7 Å². The molecule has 0 unspecified atom stereocenters. The van der Waals surface area contributed by atoms with Gasteiger partial charge in [-0.3, -0.25) is 10.1 Å². The lowest BCUT2D eigenvalue weighted by molar-refractivity contribution is -0.385. The number of aryl methyl sites for hydroxylation is 1. The number of nitrogens with zero attached hydrogens (tertiary/aromatic N) is 1. The molecule has 0 saturated heterocycles. The molecule has 0 aliphatic carbocycles. The Morgan fingerprint density at radius 2 is 1.76 bits per heavy atom. The zero-order chi connectivity index (χ0) is 15.7. The van der Waals surface area contributed by atoms with E-state index in [9.17, 15) is 23.3 Å². The van der Waals surface area contributed by atoms with Crippen molar-refractivity contribution < 1.29 is 22.8 Å². The minimum absolute atomic E-state index is 0.0754. The predicted octanol–water partition coefficient (Wildman–Crippen LogP) is 4.88. The van der Waals surface area contributed by atoms with Gasteiger partial charge in [0.25, 0.3) is 0 Å². The Morgan fingerprint density at radius 1 is 1.10 bits per heavy atom. The molecule has 110 valence electrons. The molecule has 0 aliphatic heterocycles. The number of hydrogen-bond acceptors (Lipinski definition) is 3. The summed E-state index contributed by atoms with van der Waals surface area (Å²) in [5.41, 5.74) is -0.607. The molecule has 0 aromatic heterocycles. The van der Waals surface area contributed by atoms with Crippen LogP contribution in [0.3, 0.4) is 0 Å². The van der Waals surface area contributed by atoms with Crippen LogP contribution < -0.4 is 4.74 Å². The second-order valence-electron chi connectivity index (χ2n) is 4.13. The summed E-state index contributed by atoms with van der Waals surface area (Å²) in [7, 11) is 0. The Hall–Kier alpha value is -2.09. The molecule has 0 fully saturated rings. The van der Waals surface area contributed by atoms with E-state index in [1.807, 2.05) is 0 Å². The van der Waals surface area contributed by atoms with Gasteiger partial charge in [0.15, 0.2) is 11.6 Å². The van der Waals surface area contributed by atoms with Crippen molar-refractivity contribution in [3.05, 3.63) is 61.9 Å². The number of nitro benzene ring substituents is 1. The van der Waals surface area contributed by atoms with E-state index in [1.54, 1.807) is 0 Å². The van der Waals surface area contributed by atoms with Crippen LogP contribution in [0.4, 0.5) is 18.9 Å². The molecular formula is C13H7BrF3NO3. The lowest BCUT2D eigenvalue weighted by Crippen LogP contribution is -1.98. The maximum absolute atomic E-state index is 13.6. The Labute approximate surface area is 125 Å². The van der Waals surface area contributed by atoms with E-state index in [1.165, 1.54) is 6.92 Å². The highest BCUT2D eigenvalue weighted by molar-refractivity contribution is 9.10. The van der Waals surface area contributed by atoms with Crippen LogP contribution in [0.15, 0.2) is 28.7 Å². The molecule has 0 saturated carbocycles. The number of nitro groups is 1. The van der Waals surface area contributed by atoms with E-state index >= 15 is 0 Å². The molecule has 0 radical (unpaired) electrons. The van der Waals surface area contributed by atoms with E-state index < -0.39 is 33.8 Å². The van der Waals surface area contributed by atoms with Gasteiger partial charge in [-0.1, -0.05) is 15.9 Å². The Bertz CT molecular complexity index is 737. The SMILES string of the molecule is Cc1cc(Oc2cc(Br)cc(F)c2F)c([N+](=O)[O-])cc1F. The van der Waals surface area contributed by atoms with Gasteiger partial charge in [-0.2, -0.15) is 4.39 Å². The van der Waals surface area contributed by atoms with Gasteiger partial charge in [0, 0.05) is 4.47 Å². The Balaban J connectivity index is 2.54. The average Bonchev–Trinajstić information content (AvgIpc) is 2.39. The second-order valence-corrected chi connectivity index (χ2v) is 5.04. The third-order valence-electron chi connectivity index (χ3n) is 2.62. The summed E-state index contributed by atoms with van der Waals surface area (Å²) in [5, 5.41) is 10.9. The first-order valence-corrected chi connectivity index (χ1v) is 6.36. The zero-order valence-electron chi connectivity index (χ0n) is 10.5.